The van der Waals surface area contributed by atoms with Crippen molar-refractivity contribution < 1.29 is 9.47 Å². The quantitative estimate of drug-likeness (QED) is 0.912. The summed E-state index contributed by atoms with van der Waals surface area (Å²) < 4.78 is 11.1. The third-order valence-corrected chi connectivity index (χ3v) is 3.92. The van der Waals surface area contributed by atoms with E-state index in [4.69, 9.17) is 26.8 Å². The maximum absolute atomic E-state index is 6.25. The van der Waals surface area contributed by atoms with Crippen LogP contribution in [0.1, 0.15) is 24.8 Å². The van der Waals surface area contributed by atoms with Crippen LogP contribution in [0.25, 0.3) is 0 Å². The molecule has 3 rings (SSSR count). The molecule has 0 radical (unpaired) electrons. The molecule has 0 aromatic heterocycles. The third-order valence-electron chi connectivity index (χ3n) is 3.63. The highest BCUT2D eigenvalue weighted by molar-refractivity contribution is 6.32. The lowest BCUT2D eigenvalue weighted by Gasteiger charge is -2.15. The fraction of sp³-hybridized carbons (Fsp3) is 0.571. The molecule has 18 heavy (non-hydrogen) atoms. The van der Waals surface area contributed by atoms with Crippen molar-refractivity contribution >= 4 is 11.6 Å². The Morgan fingerprint density at radius 1 is 1.44 bits per heavy atom. The van der Waals surface area contributed by atoms with Gasteiger partial charge in [-0.2, -0.15) is 0 Å². The molecular weight excluding hydrogens is 250 g/mol. The summed E-state index contributed by atoms with van der Waals surface area (Å²) in [7, 11) is 0. The van der Waals surface area contributed by atoms with Gasteiger partial charge in [0.05, 0.1) is 18.2 Å². The summed E-state index contributed by atoms with van der Waals surface area (Å²) in [5.74, 6) is 0.748. The predicted octanol–water partition coefficient (Wildman–Crippen LogP) is 2.54. The molecule has 3 nitrogen and oxygen atoms in total. The highest BCUT2D eigenvalue weighted by atomic mass is 35.5. The molecule has 1 aliphatic heterocycles. The molecule has 0 amide bonds. The average molecular weight is 268 g/mol. The van der Waals surface area contributed by atoms with E-state index in [0.717, 1.165) is 38.0 Å². The van der Waals surface area contributed by atoms with E-state index in [2.05, 4.69) is 6.07 Å². The zero-order chi connectivity index (χ0) is 12.6. The van der Waals surface area contributed by atoms with Gasteiger partial charge in [0.1, 0.15) is 11.9 Å². The Morgan fingerprint density at radius 3 is 2.89 bits per heavy atom. The van der Waals surface area contributed by atoms with E-state index in [0.29, 0.717) is 11.6 Å². The molecule has 0 bridgehead atoms. The maximum atomic E-state index is 6.25. The fourth-order valence-electron chi connectivity index (χ4n) is 2.28. The Bertz CT molecular complexity index is 439. The van der Waals surface area contributed by atoms with Crippen molar-refractivity contribution in [2.24, 2.45) is 5.73 Å². The maximum Gasteiger partial charge on any atom is 0.138 e. The molecule has 1 heterocycles. The summed E-state index contributed by atoms with van der Waals surface area (Å²) in [4.78, 5) is 0. The molecule has 1 unspecified atom stereocenters. The van der Waals surface area contributed by atoms with E-state index < -0.39 is 0 Å². The van der Waals surface area contributed by atoms with Crippen molar-refractivity contribution in [3.63, 3.8) is 0 Å². The van der Waals surface area contributed by atoms with Crippen molar-refractivity contribution in [1.82, 2.24) is 0 Å². The van der Waals surface area contributed by atoms with Gasteiger partial charge in [-0.3, -0.25) is 0 Å². The molecule has 4 heteroatoms. The van der Waals surface area contributed by atoms with Gasteiger partial charge in [0, 0.05) is 12.0 Å². The van der Waals surface area contributed by atoms with Gasteiger partial charge in [0.2, 0.25) is 0 Å². The van der Waals surface area contributed by atoms with Gasteiger partial charge < -0.3 is 15.2 Å². The Balaban J connectivity index is 1.68. The second-order valence-corrected chi connectivity index (χ2v) is 5.81. The third kappa shape index (κ3) is 2.79. The number of ether oxygens (including phenoxy) is 2. The molecule has 1 atom stereocenters. The number of hydrogen-bond donors (Lipinski definition) is 1. The van der Waals surface area contributed by atoms with Crippen molar-refractivity contribution in [2.45, 2.75) is 37.3 Å². The lowest BCUT2D eigenvalue weighted by Crippen LogP contribution is -2.24. The van der Waals surface area contributed by atoms with Crippen LogP contribution in [0.4, 0.5) is 0 Å². The monoisotopic (exact) mass is 267 g/mol. The number of rotatable bonds is 4. The largest absolute Gasteiger partial charge is 0.486 e. The van der Waals surface area contributed by atoms with Gasteiger partial charge in [-0.15, -0.1) is 0 Å². The standard InChI is InChI=1S/C14H18ClNO2/c15-12-7-10(8-14(16)4-5-14)1-2-13(12)18-11-3-6-17-9-11/h1-2,7,11H,3-6,8-9,16H2. The molecule has 1 aliphatic carbocycles. The van der Waals surface area contributed by atoms with Crippen LogP contribution in [-0.4, -0.2) is 24.9 Å². The number of hydrogen-bond acceptors (Lipinski definition) is 3. The van der Waals surface area contributed by atoms with E-state index in [9.17, 15) is 0 Å². The smallest absolute Gasteiger partial charge is 0.138 e. The van der Waals surface area contributed by atoms with E-state index in [1.807, 2.05) is 12.1 Å². The van der Waals surface area contributed by atoms with Crippen LogP contribution in [0.5, 0.6) is 5.75 Å². The summed E-state index contributed by atoms with van der Waals surface area (Å²) in [5, 5.41) is 0.670. The summed E-state index contributed by atoms with van der Waals surface area (Å²) in [6.07, 6.45) is 4.20. The topological polar surface area (TPSA) is 44.5 Å². The van der Waals surface area contributed by atoms with Crippen LogP contribution in [-0.2, 0) is 11.2 Å². The zero-order valence-corrected chi connectivity index (χ0v) is 11.1. The molecule has 2 N–H and O–H groups in total. The number of halogens is 1. The Morgan fingerprint density at radius 2 is 2.28 bits per heavy atom. The summed E-state index contributed by atoms with van der Waals surface area (Å²) in [6, 6.07) is 5.98. The van der Waals surface area contributed by atoms with Crippen LogP contribution >= 0.6 is 11.6 Å². The van der Waals surface area contributed by atoms with Crippen LogP contribution < -0.4 is 10.5 Å². The zero-order valence-electron chi connectivity index (χ0n) is 10.3. The lowest BCUT2D eigenvalue weighted by molar-refractivity contribution is 0.141. The van der Waals surface area contributed by atoms with Crippen LogP contribution in [0.3, 0.4) is 0 Å². The molecule has 1 aromatic rings. The van der Waals surface area contributed by atoms with E-state index in [-0.39, 0.29) is 11.6 Å². The summed E-state index contributed by atoms with van der Waals surface area (Å²) in [5.41, 5.74) is 7.32. The molecule has 1 saturated heterocycles. The predicted molar refractivity (Wildman–Crippen MR) is 71.2 cm³/mol. The highest BCUT2D eigenvalue weighted by Crippen LogP contribution is 2.37. The minimum atomic E-state index is 0.0188. The molecule has 98 valence electrons. The average Bonchev–Trinajstić information content (AvgIpc) is 2.86. The van der Waals surface area contributed by atoms with Gasteiger partial charge >= 0.3 is 0 Å². The Labute approximate surface area is 112 Å². The van der Waals surface area contributed by atoms with Crippen LogP contribution in [0, 0.1) is 0 Å². The van der Waals surface area contributed by atoms with Crippen molar-refractivity contribution in [3.8, 4) is 5.75 Å². The van der Waals surface area contributed by atoms with Gasteiger partial charge in [-0.05, 0) is 37.0 Å². The summed E-state index contributed by atoms with van der Waals surface area (Å²) >= 11 is 6.25. The first kappa shape index (κ1) is 12.3. The second kappa shape index (κ2) is 4.72. The van der Waals surface area contributed by atoms with Crippen LogP contribution in [0.15, 0.2) is 18.2 Å². The molecule has 2 aliphatic rings. The first-order chi connectivity index (χ1) is 8.65. The van der Waals surface area contributed by atoms with E-state index in [1.54, 1.807) is 0 Å². The molecular formula is C14H18ClNO2. The summed E-state index contributed by atoms with van der Waals surface area (Å²) in [6.45, 7) is 1.43. The van der Waals surface area contributed by atoms with Crippen molar-refractivity contribution in [2.75, 3.05) is 13.2 Å². The Kier molecular flexibility index (Phi) is 3.22. The highest BCUT2D eigenvalue weighted by Gasteiger charge is 2.38. The van der Waals surface area contributed by atoms with Gasteiger partial charge in [-0.25, -0.2) is 0 Å². The van der Waals surface area contributed by atoms with Gasteiger partial charge in [0.25, 0.3) is 0 Å². The molecule has 1 aromatic carbocycles. The van der Waals surface area contributed by atoms with Crippen LogP contribution in [0.2, 0.25) is 5.02 Å². The van der Waals surface area contributed by atoms with Gasteiger partial charge in [0.15, 0.2) is 0 Å². The lowest BCUT2D eigenvalue weighted by atomic mass is 10.1. The first-order valence-electron chi connectivity index (χ1n) is 6.46. The van der Waals surface area contributed by atoms with E-state index >= 15 is 0 Å². The van der Waals surface area contributed by atoms with Crippen molar-refractivity contribution in [3.05, 3.63) is 28.8 Å². The second-order valence-electron chi connectivity index (χ2n) is 5.41. The molecule has 0 spiro atoms. The first-order valence-corrected chi connectivity index (χ1v) is 6.84. The van der Waals surface area contributed by atoms with Gasteiger partial charge in [-0.1, -0.05) is 17.7 Å². The number of nitrogens with two attached hydrogens (primary N) is 1. The minimum absolute atomic E-state index is 0.0188. The molecule has 1 saturated carbocycles. The minimum Gasteiger partial charge on any atom is -0.486 e. The Hall–Kier alpha value is -0.770. The number of benzene rings is 1. The normalized spacial score (nSPS) is 25.1. The SMILES string of the molecule is NC1(Cc2ccc(OC3CCOC3)c(Cl)c2)CC1. The molecule has 2 fully saturated rings. The van der Waals surface area contributed by atoms with Crippen molar-refractivity contribution in [1.29, 1.82) is 0 Å². The fourth-order valence-corrected chi connectivity index (χ4v) is 2.53. The van der Waals surface area contributed by atoms with E-state index in [1.165, 1.54) is 5.56 Å².